The molecule has 1 aliphatic carbocycles. The van der Waals surface area contributed by atoms with Gasteiger partial charge in [0.05, 0.1) is 64.5 Å². The number of aliphatic hydroxyl groups excluding tert-OH is 1. The Kier molecular flexibility index (Phi) is 13.1. The van der Waals surface area contributed by atoms with Gasteiger partial charge in [0.2, 0.25) is 0 Å². The van der Waals surface area contributed by atoms with Gasteiger partial charge in [-0.25, -0.2) is 28.7 Å². The van der Waals surface area contributed by atoms with Gasteiger partial charge in [0.1, 0.15) is 47.4 Å². The minimum Gasteiger partial charge on any atom is -0.394 e. The van der Waals surface area contributed by atoms with Gasteiger partial charge in [-0.1, -0.05) is 0 Å². The molecule has 1 saturated carbocycles. The molecule has 6 aromatic heterocycles. The zero-order valence-corrected chi connectivity index (χ0v) is 36.5. The summed E-state index contributed by atoms with van der Waals surface area (Å²) in [6, 6.07) is 14.1. The standard InChI is InChI=1S/C46H50F2N12O5/c1-25(24-61)57-34-15-40(52-21-32(34)43(62)55-22-37(47)45(2,3)64)60-36(13-30-11-27(17-50)19-54-42(30)60)28-6-7-31(12-28)58-35-14-39(59-9-8-29-10-26(16-49)18-53-41(29)59)51-20-33(35)44(63)56-23-38(48)46(4,5)65/h8-11,13-15,18-21,25,28,31,37-38,61,64-65H,6-7,12,22-24H2,1-5H3,(H,51,58)(H,52,57)(H,55,62)(H,56,63)/t25-,28?,31?,37+,38+/m0/s1. The highest BCUT2D eigenvalue weighted by Gasteiger charge is 2.33. The number of alkyl halides is 2. The Bertz CT molecular complexity index is 2840. The van der Waals surface area contributed by atoms with Crippen LogP contribution in [0.1, 0.15) is 97.3 Å². The van der Waals surface area contributed by atoms with E-state index in [0.29, 0.717) is 75.5 Å². The van der Waals surface area contributed by atoms with Crippen LogP contribution in [0.4, 0.5) is 20.2 Å². The molecule has 2 unspecified atom stereocenters. The summed E-state index contributed by atoms with van der Waals surface area (Å²) in [4.78, 5) is 45.5. The van der Waals surface area contributed by atoms with Crippen molar-refractivity contribution in [2.45, 2.75) is 95.4 Å². The number of hydrogen-bond donors (Lipinski definition) is 7. The number of aromatic nitrogens is 6. The summed E-state index contributed by atoms with van der Waals surface area (Å²) in [5.41, 5.74) is 0.160. The molecule has 0 aliphatic heterocycles. The van der Waals surface area contributed by atoms with Crippen molar-refractivity contribution < 1.29 is 33.7 Å². The quantitative estimate of drug-likeness (QED) is 0.0668. The van der Waals surface area contributed by atoms with E-state index in [2.05, 4.69) is 53.3 Å². The highest BCUT2D eigenvalue weighted by atomic mass is 19.1. The van der Waals surface area contributed by atoms with Crippen molar-refractivity contribution in [3.05, 3.63) is 95.3 Å². The zero-order chi connectivity index (χ0) is 46.8. The van der Waals surface area contributed by atoms with Crippen molar-refractivity contribution in [3.8, 4) is 23.8 Å². The van der Waals surface area contributed by atoms with Crippen LogP contribution in [0.5, 0.6) is 0 Å². The van der Waals surface area contributed by atoms with Gasteiger partial charge in [0.15, 0.2) is 0 Å². The van der Waals surface area contributed by atoms with Gasteiger partial charge in [-0.3, -0.25) is 18.7 Å². The molecule has 2 amide bonds. The zero-order valence-electron chi connectivity index (χ0n) is 36.5. The molecule has 5 atom stereocenters. The number of anilines is 2. The Morgan fingerprint density at radius 1 is 0.800 bits per heavy atom. The Morgan fingerprint density at radius 3 is 1.97 bits per heavy atom. The molecular weight excluding hydrogens is 839 g/mol. The lowest BCUT2D eigenvalue weighted by Gasteiger charge is -2.23. The number of nitriles is 2. The third kappa shape index (κ3) is 10.0. The van der Waals surface area contributed by atoms with Crippen LogP contribution in [-0.2, 0) is 0 Å². The van der Waals surface area contributed by atoms with E-state index in [-0.39, 0.29) is 29.7 Å². The molecule has 6 aromatic rings. The molecule has 0 radical (unpaired) electrons. The van der Waals surface area contributed by atoms with Crippen molar-refractivity contribution in [3.63, 3.8) is 0 Å². The predicted molar refractivity (Wildman–Crippen MR) is 238 cm³/mol. The average molecular weight is 889 g/mol. The van der Waals surface area contributed by atoms with E-state index in [0.717, 1.165) is 5.69 Å². The van der Waals surface area contributed by atoms with Crippen LogP contribution >= 0.6 is 0 Å². The fraction of sp³-hybridized carbons (Fsp3) is 0.391. The van der Waals surface area contributed by atoms with E-state index < -0.39 is 54.5 Å². The Hall–Kier alpha value is -7.06. The third-order valence-corrected chi connectivity index (χ3v) is 11.5. The van der Waals surface area contributed by atoms with Crippen LogP contribution in [0.15, 0.2) is 67.4 Å². The van der Waals surface area contributed by atoms with Gasteiger partial charge in [-0.2, -0.15) is 10.5 Å². The second-order valence-corrected chi connectivity index (χ2v) is 17.5. The first-order chi connectivity index (χ1) is 30.9. The summed E-state index contributed by atoms with van der Waals surface area (Å²) in [5, 5.41) is 62.5. The number of nitrogens with one attached hydrogen (secondary N) is 4. The molecule has 7 rings (SSSR count). The maximum atomic E-state index is 14.8. The van der Waals surface area contributed by atoms with Crippen LogP contribution in [0.25, 0.3) is 33.7 Å². The number of carbonyl (C=O) groups excluding carboxylic acids is 2. The molecule has 7 N–H and O–H groups in total. The number of nitrogens with zero attached hydrogens (tertiary/aromatic N) is 8. The topological polar surface area (TPSA) is 252 Å². The van der Waals surface area contributed by atoms with Crippen LogP contribution in [-0.4, -0.2) is 112 Å². The summed E-state index contributed by atoms with van der Waals surface area (Å²) >= 11 is 0. The van der Waals surface area contributed by atoms with Crippen LogP contribution in [0.3, 0.4) is 0 Å². The van der Waals surface area contributed by atoms with Gasteiger partial charge >= 0.3 is 0 Å². The molecule has 0 saturated heterocycles. The number of fused-ring (bicyclic) bond motifs is 2. The Balaban J connectivity index is 1.23. The monoisotopic (exact) mass is 888 g/mol. The van der Waals surface area contributed by atoms with E-state index in [1.165, 1.54) is 52.5 Å². The Labute approximate surface area is 373 Å². The van der Waals surface area contributed by atoms with E-state index >= 15 is 0 Å². The molecular formula is C46H50F2N12O5. The maximum Gasteiger partial charge on any atom is 0.255 e. The summed E-state index contributed by atoms with van der Waals surface area (Å²) in [5.74, 6) is -0.581. The fourth-order valence-corrected chi connectivity index (χ4v) is 7.70. The van der Waals surface area contributed by atoms with Gasteiger partial charge in [0.25, 0.3) is 11.8 Å². The summed E-state index contributed by atoms with van der Waals surface area (Å²) < 4.78 is 33.0. The number of rotatable bonds is 16. The highest BCUT2D eigenvalue weighted by molar-refractivity contribution is 6.00. The number of carbonyl (C=O) groups is 2. The highest BCUT2D eigenvalue weighted by Crippen LogP contribution is 2.40. The molecule has 338 valence electrons. The van der Waals surface area contributed by atoms with Crippen LogP contribution < -0.4 is 21.3 Å². The SMILES string of the molecule is C[C@@H](CO)Nc1cc(-n2c(C3CCC(Nc4cc(-n5ccc6cc(C#N)cnc65)ncc4C(=O)NC[C@@H](F)C(C)(C)O)C3)cc3cc(C#N)cnc32)ncc1C(=O)NC[C@@H](F)C(C)(C)O. The molecule has 1 aliphatic rings. The second kappa shape index (κ2) is 18.6. The molecule has 0 spiro atoms. The van der Waals surface area contributed by atoms with Crippen molar-refractivity contribution in [2.75, 3.05) is 30.3 Å². The second-order valence-electron chi connectivity index (χ2n) is 17.5. The number of pyridine rings is 4. The lowest BCUT2D eigenvalue weighted by molar-refractivity contribution is -0.00209. The molecule has 17 nitrogen and oxygen atoms in total. The van der Waals surface area contributed by atoms with Crippen LogP contribution in [0, 0.1) is 22.7 Å². The maximum absolute atomic E-state index is 14.8. The molecule has 1 fully saturated rings. The average Bonchev–Trinajstić information content (AvgIpc) is 4.03. The van der Waals surface area contributed by atoms with Gasteiger partial charge < -0.3 is 36.6 Å². The largest absolute Gasteiger partial charge is 0.394 e. The summed E-state index contributed by atoms with van der Waals surface area (Å²) in [6.45, 7) is 5.81. The minimum absolute atomic E-state index is 0.0779. The normalized spacial score (nSPS) is 16.7. The van der Waals surface area contributed by atoms with E-state index in [9.17, 15) is 44.2 Å². The van der Waals surface area contributed by atoms with Crippen molar-refractivity contribution in [1.82, 2.24) is 39.7 Å². The first-order valence-electron chi connectivity index (χ1n) is 21.1. The smallest absolute Gasteiger partial charge is 0.255 e. The number of amides is 2. The van der Waals surface area contributed by atoms with E-state index in [1.807, 2.05) is 10.6 Å². The van der Waals surface area contributed by atoms with Gasteiger partial charge in [-0.05, 0) is 78.1 Å². The van der Waals surface area contributed by atoms with Gasteiger partial charge in [0, 0.05) is 77.6 Å². The lowest BCUT2D eigenvalue weighted by atomic mass is 10.0. The number of hydrogen-bond acceptors (Lipinski definition) is 13. The molecule has 0 aromatic carbocycles. The summed E-state index contributed by atoms with van der Waals surface area (Å²) in [6.07, 6.45) is 5.79. The fourth-order valence-electron chi connectivity index (χ4n) is 7.70. The van der Waals surface area contributed by atoms with Crippen molar-refractivity contribution in [2.24, 2.45) is 0 Å². The molecule has 19 heteroatoms. The van der Waals surface area contributed by atoms with E-state index in [4.69, 9.17) is 0 Å². The summed E-state index contributed by atoms with van der Waals surface area (Å²) in [7, 11) is 0. The first kappa shape index (κ1) is 45.9. The van der Waals surface area contributed by atoms with Crippen LogP contribution in [0.2, 0.25) is 0 Å². The number of aliphatic hydroxyl groups is 3. The van der Waals surface area contributed by atoms with Crippen molar-refractivity contribution >= 4 is 45.3 Å². The van der Waals surface area contributed by atoms with E-state index in [1.54, 1.807) is 48.0 Å². The number of halogens is 2. The van der Waals surface area contributed by atoms with Gasteiger partial charge in [-0.15, -0.1) is 0 Å². The molecule has 0 bridgehead atoms. The molecule has 6 heterocycles. The Morgan fingerprint density at radius 2 is 1.37 bits per heavy atom. The third-order valence-electron chi connectivity index (χ3n) is 11.5. The lowest BCUT2D eigenvalue weighted by Crippen LogP contribution is -2.42. The minimum atomic E-state index is -1.75. The molecule has 65 heavy (non-hydrogen) atoms. The first-order valence-corrected chi connectivity index (χ1v) is 21.1. The predicted octanol–water partition coefficient (Wildman–Crippen LogP) is 5.12. The van der Waals surface area contributed by atoms with Crippen molar-refractivity contribution in [1.29, 1.82) is 10.5 Å².